The number of pyridine rings is 1. The molecule has 6 nitrogen and oxygen atoms in total. The second-order valence-electron chi connectivity index (χ2n) is 5.92. The molecule has 0 radical (unpaired) electrons. The van der Waals surface area contributed by atoms with E-state index in [4.69, 9.17) is 0 Å². The van der Waals surface area contributed by atoms with Gasteiger partial charge in [0.1, 0.15) is 0 Å². The minimum Gasteiger partial charge on any atom is -0.380 e. The fourth-order valence-electron chi connectivity index (χ4n) is 2.77. The lowest BCUT2D eigenvalue weighted by atomic mass is 10.2. The van der Waals surface area contributed by atoms with E-state index in [2.05, 4.69) is 29.2 Å². The van der Waals surface area contributed by atoms with Crippen molar-refractivity contribution in [2.45, 2.75) is 38.8 Å². The smallest absolute Gasteiger partial charge is 0.158 e. The fourth-order valence-corrected chi connectivity index (χ4v) is 4.41. The predicted molar refractivity (Wildman–Crippen MR) is 83.2 cm³/mol. The van der Waals surface area contributed by atoms with Crippen LogP contribution < -0.4 is 5.32 Å². The lowest BCUT2D eigenvalue weighted by Crippen LogP contribution is -2.34. The van der Waals surface area contributed by atoms with E-state index < -0.39 is 9.84 Å². The van der Waals surface area contributed by atoms with Crippen LogP contribution in [-0.4, -0.2) is 40.7 Å². The molecule has 1 aliphatic rings. The maximum absolute atomic E-state index is 11.7. The summed E-state index contributed by atoms with van der Waals surface area (Å²) in [6.07, 6.45) is 5.15. The first-order valence-corrected chi connectivity index (χ1v) is 9.07. The maximum Gasteiger partial charge on any atom is 0.158 e. The van der Waals surface area contributed by atoms with Gasteiger partial charge in [-0.2, -0.15) is 5.10 Å². The molecule has 114 valence electrons. The third-order valence-corrected chi connectivity index (χ3v) is 5.58. The van der Waals surface area contributed by atoms with E-state index in [0.717, 1.165) is 29.6 Å². The van der Waals surface area contributed by atoms with E-state index >= 15 is 0 Å². The zero-order chi connectivity index (χ0) is 15.0. The molecule has 21 heavy (non-hydrogen) atoms. The molecule has 0 amide bonds. The molecule has 1 saturated heterocycles. The van der Waals surface area contributed by atoms with E-state index in [9.17, 15) is 8.42 Å². The summed E-state index contributed by atoms with van der Waals surface area (Å²) in [6, 6.07) is 2.22. The number of nitrogens with zero attached hydrogens (tertiary/aromatic N) is 3. The largest absolute Gasteiger partial charge is 0.380 e. The summed E-state index contributed by atoms with van der Waals surface area (Å²) in [5.74, 6) is 0.514. The number of anilines is 1. The van der Waals surface area contributed by atoms with Gasteiger partial charge in [-0.1, -0.05) is 0 Å². The molecule has 0 bridgehead atoms. The summed E-state index contributed by atoms with van der Waals surface area (Å²) in [5.41, 5.74) is 1.71. The molecule has 3 rings (SSSR count). The van der Waals surface area contributed by atoms with Crippen LogP contribution in [0.15, 0.2) is 18.5 Å². The Morgan fingerprint density at radius 2 is 2.19 bits per heavy atom. The van der Waals surface area contributed by atoms with Gasteiger partial charge in [0, 0.05) is 17.5 Å². The quantitative estimate of drug-likeness (QED) is 0.938. The molecule has 1 fully saturated rings. The molecule has 2 aromatic rings. The van der Waals surface area contributed by atoms with Crippen LogP contribution in [0.5, 0.6) is 0 Å². The van der Waals surface area contributed by atoms with Crippen LogP contribution in [0, 0.1) is 0 Å². The SMILES string of the molecule is CC(C)n1ncc2cc(NC3CCCS(=O)(=O)C3)cnc21. The van der Waals surface area contributed by atoms with Crippen LogP contribution in [0.25, 0.3) is 11.0 Å². The van der Waals surface area contributed by atoms with Crippen molar-refractivity contribution in [2.24, 2.45) is 0 Å². The Morgan fingerprint density at radius 1 is 1.38 bits per heavy atom. The van der Waals surface area contributed by atoms with Gasteiger partial charge in [0.15, 0.2) is 15.5 Å². The Labute approximate surface area is 124 Å². The highest BCUT2D eigenvalue weighted by Gasteiger charge is 2.24. The molecular weight excluding hydrogens is 288 g/mol. The molecule has 1 atom stereocenters. The molecular formula is C14H20N4O2S. The van der Waals surface area contributed by atoms with E-state index in [1.54, 1.807) is 12.4 Å². The molecule has 0 aliphatic carbocycles. The fraction of sp³-hybridized carbons (Fsp3) is 0.571. The third kappa shape index (κ3) is 3.02. The number of rotatable bonds is 3. The van der Waals surface area contributed by atoms with Gasteiger partial charge in [0.2, 0.25) is 0 Å². The van der Waals surface area contributed by atoms with Crippen molar-refractivity contribution >= 4 is 26.6 Å². The van der Waals surface area contributed by atoms with Crippen LogP contribution >= 0.6 is 0 Å². The van der Waals surface area contributed by atoms with Gasteiger partial charge in [-0.15, -0.1) is 0 Å². The van der Waals surface area contributed by atoms with Crippen molar-refractivity contribution in [3.63, 3.8) is 0 Å². The molecule has 3 heterocycles. The average molecular weight is 308 g/mol. The normalized spacial score (nSPS) is 21.8. The zero-order valence-corrected chi connectivity index (χ0v) is 13.1. The van der Waals surface area contributed by atoms with Gasteiger partial charge in [-0.05, 0) is 32.8 Å². The van der Waals surface area contributed by atoms with Crippen LogP contribution in [0.4, 0.5) is 5.69 Å². The molecule has 1 aliphatic heterocycles. The first-order chi connectivity index (χ1) is 9.94. The highest BCUT2D eigenvalue weighted by Crippen LogP contribution is 2.21. The Morgan fingerprint density at radius 3 is 2.90 bits per heavy atom. The average Bonchev–Trinajstić information content (AvgIpc) is 2.80. The summed E-state index contributed by atoms with van der Waals surface area (Å²) in [6.45, 7) is 4.13. The van der Waals surface area contributed by atoms with Crippen LogP contribution in [-0.2, 0) is 9.84 Å². The number of nitrogens with one attached hydrogen (secondary N) is 1. The van der Waals surface area contributed by atoms with Crippen LogP contribution in [0.2, 0.25) is 0 Å². The lowest BCUT2D eigenvalue weighted by molar-refractivity contribution is 0.546. The van der Waals surface area contributed by atoms with Gasteiger partial charge < -0.3 is 5.32 Å². The number of fused-ring (bicyclic) bond motifs is 1. The van der Waals surface area contributed by atoms with Crippen molar-refractivity contribution in [1.82, 2.24) is 14.8 Å². The van der Waals surface area contributed by atoms with Crippen molar-refractivity contribution < 1.29 is 8.42 Å². The molecule has 1 N–H and O–H groups in total. The molecule has 0 spiro atoms. The van der Waals surface area contributed by atoms with E-state index in [1.807, 2.05) is 10.7 Å². The van der Waals surface area contributed by atoms with Crippen molar-refractivity contribution in [1.29, 1.82) is 0 Å². The highest BCUT2D eigenvalue weighted by molar-refractivity contribution is 7.91. The standard InChI is InChI=1S/C14H20N4O2S/c1-10(2)18-14-11(7-16-18)6-13(8-15-14)17-12-4-3-5-21(19,20)9-12/h6-8,10,12,17H,3-5,9H2,1-2H3. The second kappa shape index (κ2) is 5.29. The summed E-state index contributed by atoms with van der Waals surface area (Å²) < 4.78 is 25.2. The van der Waals surface area contributed by atoms with Crippen molar-refractivity contribution in [3.8, 4) is 0 Å². The van der Waals surface area contributed by atoms with Crippen LogP contribution in [0.1, 0.15) is 32.7 Å². The van der Waals surface area contributed by atoms with Crippen molar-refractivity contribution in [2.75, 3.05) is 16.8 Å². The van der Waals surface area contributed by atoms with Gasteiger partial charge in [0.25, 0.3) is 0 Å². The van der Waals surface area contributed by atoms with Crippen molar-refractivity contribution in [3.05, 3.63) is 18.5 Å². The van der Waals surface area contributed by atoms with Gasteiger partial charge >= 0.3 is 0 Å². The summed E-state index contributed by atoms with van der Waals surface area (Å²) in [5, 5.41) is 8.59. The molecule has 0 saturated carbocycles. The topological polar surface area (TPSA) is 76.9 Å². The number of hydrogen-bond acceptors (Lipinski definition) is 5. The summed E-state index contributed by atoms with van der Waals surface area (Å²) in [4.78, 5) is 4.45. The highest BCUT2D eigenvalue weighted by atomic mass is 32.2. The Kier molecular flexibility index (Phi) is 3.61. The van der Waals surface area contributed by atoms with Crippen LogP contribution in [0.3, 0.4) is 0 Å². The van der Waals surface area contributed by atoms with Gasteiger partial charge in [-0.25, -0.2) is 18.1 Å². The summed E-state index contributed by atoms with van der Waals surface area (Å²) >= 11 is 0. The molecule has 0 aromatic carbocycles. The van der Waals surface area contributed by atoms with Gasteiger partial charge in [-0.3, -0.25) is 0 Å². The van der Waals surface area contributed by atoms with E-state index in [-0.39, 0.29) is 17.8 Å². The number of sulfone groups is 1. The third-order valence-electron chi connectivity index (χ3n) is 3.76. The van der Waals surface area contributed by atoms with E-state index in [0.29, 0.717) is 5.75 Å². The predicted octanol–water partition coefficient (Wildman–Crippen LogP) is 2.00. The first-order valence-electron chi connectivity index (χ1n) is 7.25. The Bertz CT molecular complexity index is 751. The second-order valence-corrected chi connectivity index (χ2v) is 8.15. The minimum atomic E-state index is -2.90. The molecule has 2 aromatic heterocycles. The van der Waals surface area contributed by atoms with Gasteiger partial charge in [0.05, 0.1) is 29.6 Å². The Hall–Kier alpha value is -1.63. The molecule has 7 heteroatoms. The zero-order valence-electron chi connectivity index (χ0n) is 12.3. The monoisotopic (exact) mass is 308 g/mol. The Balaban J connectivity index is 1.82. The number of aromatic nitrogens is 3. The van der Waals surface area contributed by atoms with E-state index in [1.165, 1.54) is 0 Å². The maximum atomic E-state index is 11.7. The number of hydrogen-bond donors (Lipinski definition) is 1. The first kappa shape index (κ1) is 14.3. The lowest BCUT2D eigenvalue weighted by Gasteiger charge is -2.23. The molecule has 1 unspecified atom stereocenters. The minimum absolute atomic E-state index is 0.0249. The summed E-state index contributed by atoms with van der Waals surface area (Å²) in [7, 11) is -2.90.